The van der Waals surface area contributed by atoms with Crippen LogP contribution >= 0.6 is 0 Å². The van der Waals surface area contributed by atoms with Crippen molar-refractivity contribution in [3.63, 3.8) is 0 Å². The van der Waals surface area contributed by atoms with Gasteiger partial charge in [-0.15, -0.1) is 19.6 Å². The maximum Gasteiger partial charge on any atom is 0.196 e. The van der Waals surface area contributed by atoms with Gasteiger partial charge in [0.15, 0.2) is 10.9 Å². The Morgan fingerprint density at radius 2 is 0.700 bits per heavy atom. The van der Waals surface area contributed by atoms with Crippen molar-refractivity contribution >= 4 is 98.2 Å². The zero-order valence-electron chi connectivity index (χ0n) is 20.0. The summed E-state index contributed by atoms with van der Waals surface area (Å²) in [4.78, 5) is 74.5. The monoisotopic (exact) mass is 522 g/mol. The minimum absolute atomic E-state index is 0.00148. The number of nitrogens with zero attached hydrogens (tertiary/aromatic N) is 4. The van der Waals surface area contributed by atoms with Crippen LogP contribution in [0.2, 0.25) is 0 Å². The molecule has 40 heavy (non-hydrogen) atoms. The zero-order valence-corrected chi connectivity index (χ0v) is 20.0. The topological polar surface area (TPSA) is 152 Å². The Bertz CT molecular complexity index is 2430. The van der Waals surface area contributed by atoms with Crippen molar-refractivity contribution in [2.24, 2.45) is 20.7 Å². The number of hydrogen-bond donors (Lipinski definition) is 0. The highest BCUT2D eigenvalue weighted by atomic mass is 16.3. The number of rotatable bonds is 4. The van der Waals surface area contributed by atoms with Gasteiger partial charge in [-0.1, -0.05) is 12.1 Å². The average Bonchev–Trinajstić information content (AvgIpc) is 3.00. The molecule has 0 aliphatic heterocycles. The fraction of sp³-hybridized carbons (Fsp3) is 0. The Hall–Kier alpha value is -5.90. The summed E-state index contributed by atoms with van der Waals surface area (Å²) in [6.07, 6.45) is 0. The van der Waals surface area contributed by atoms with Crippen molar-refractivity contribution in [3.8, 4) is 0 Å². The van der Waals surface area contributed by atoms with E-state index in [9.17, 15) is 29.2 Å². The van der Waals surface area contributed by atoms with Crippen molar-refractivity contribution in [2.75, 3.05) is 0 Å². The number of nitroso groups, excluding NO2 is 4. The van der Waals surface area contributed by atoms with E-state index in [1.165, 1.54) is 24.3 Å². The maximum atomic E-state index is 13.8. The van der Waals surface area contributed by atoms with Crippen LogP contribution in [0.5, 0.6) is 0 Å². The van der Waals surface area contributed by atoms with Crippen molar-refractivity contribution in [2.45, 2.75) is 0 Å². The molecule has 0 spiro atoms. The predicted molar refractivity (Wildman–Crippen MR) is 157 cm³/mol. The molecular weight excluding hydrogens is 512 g/mol. The molecule has 0 N–H and O–H groups in total. The molecule has 0 fully saturated rings. The second-order valence-electron chi connectivity index (χ2n) is 9.75. The molecule has 0 saturated carbocycles. The van der Waals surface area contributed by atoms with Gasteiger partial charge in [-0.2, -0.15) is 0 Å². The summed E-state index contributed by atoms with van der Waals surface area (Å²) in [6.45, 7) is 0. The molecule has 0 aromatic heterocycles. The summed E-state index contributed by atoms with van der Waals surface area (Å²) in [6, 6.07) is 15.7. The lowest BCUT2D eigenvalue weighted by atomic mass is 9.83. The molecule has 0 bridgehead atoms. The van der Waals surface area contributed by atoms with Crippen LogP contribution in [0.1, 0.15) is 0 Å². The Kier molecular flexibility index (Phi) is 4.07. The minimum atomic E-state index is -0.469. The lowest BCUT2D eigenvalue weighted by Crippen LogP contribution is -2.06. The van der Waals surface area contributed by atoms with Gasteiger partial charge in [0.05, 0.1) is 10.8 Å². The normalized spacial score (nSPS) is 12.1. The molecule has 0 radical (unpaired) electrons. The van der Waals surface area contributed by atoms with Crippen LogP contribution in [-0.4, -0.2) is 0 Å². The van der Waals surface area contributed by atoms with E-state index < -0.39 is 10.9 Å². The summed E-state index contributed by atoms with van der Waals surface area (Å²) in [5, 5.41) is 18.3. The van der Waals surface area contributed by atoms with Crippen molar-refractivity contribution in [1.82, 2.24) is 0 Å². The van der Waals surface area contributed by atoms with E-state index in [0.29, 0.717) is 53.9 Å². The van der Waals surface area contributed by atoms with Gasteiger partial charge in [-0.25, -0.2) is 0 Å². The van der Waals surface area contributed by atoms with Gasteiger partial charge in [0.2, 0.25) is 0 Å². The number of hydrogen-bond acceptors (Lipinski definition) is 10. The predicted octanol–water partition coefficient (Wildman–Crippen LogP) is 8.38. The maximum absolute atomic E-state index is 13.8. The third kappa shape index (κ3) is 2.38. The molecule has 10 nitrogen and oxygen atoms in total. The van der Waals surface area contributed by atoms with Crippen LogP contribution < -0.4 is 10.9 Å². The van der Waals surface area contributed by atoms with Crippen molar-refractivity contribution in [3.05, 3.63) is 101 Å². The second kappa shape index (κ2) is 7.35. The average molecular weight is 522 g/mol. The molecule has 10 heteroatoms. The smallest absolute Gasteiger partial charge is 0.196 e. The summed E-state index contributed by atoms with van der Waals surface area (Å²) >= 11 is 0. The Morgan fingerprint density at radius 3 is 1.05 bits per heavy atom. The largest absolute Gasteiger partial charge is 0.288 e. The first-order chi connectivity index (χ1) is 19.5. The van der Waals surface area contributed by atoms with Gasteiger partial charge < -0.3 is 0 Å². The minimum Gasteiger partial charge on any atom is -0.288 e. The standard InChI is InChI=1S/C30H10N4O6/c35-29-13-3-1-11-9-15-24-14(30(36)28-20(34-40)8-5-17(31-37)25(15)28)4-2-12-10-16(23(13)21(11)22(12)24)26-18(32-38)6-7-19(33-39)27(26)29/h1-10H. The van der Waals surface area contributed by atoms with Crippen LogP contribution in [0.3, 0.4) is 0 Å². The summed E-state index contributed by atoms with van der Waals surface area (Å²) in [7, 11) is 0. The van der Waals surface area contributed by atoms with Gasteiger partial charge in [-0.3, -0.25) is 9.59 Å². The van der Waals surface area contributed by atoms with Crippen LogP contribution in [0.15, 0.2) is 91.0 Å². The Labute approximate surface area is 219 Å². The molecule has 186 valence electrons. The molecular formula is C30H10N4O6. The highest BCUT2D eigenvalue weighted by Gasteiger charge is 2.25. The van der Waals surface area contributed by atoms with Gasteiger partial charge >= 0.3 is 0 Å². The van der Waals surface area contributed by atoms with E-state index >= 15 is 0 Å². The van der Waals surface area contributed by atoms with E-state index in [1.807, 2.05) is 0 Å². The molecule has 8 aromatic carbocycles. The first kappa shape index (κ1) is 22.1. The van der Waals surface area contributed by atoms with Crippen LogP contribution in [-0.2, 0) is 0 Å². The van der Waals surface area contributed by atoms with E-state index in [0.717, 1.165) is 0 Å². The van der Waals surface area contributed by atoms with Crippen molar-refractivity contribution < 1.29 is 0 Å². The van der Waals surface area contributed by atoms with Gasteiger partial charge in [0, 0.05) is 32.3 Å². The molecule has 0 heterocycles. The lowest BCUT2D eigenvalue weighted by molar-refractivity contribution is 1.49. The number of fused-ring (bicyclic) bond motifs is 4. The Balaban J connectivity index is 1.76. The Morgan fingerprint density at radius 1 is 0.350 bits per heavy atom. The summed E-state index contributed by atoms with van der Waals surface area (Å²) < 4.78 is 0. The molecule has 0 saturated heterocycles. The highest BCUT2D eigenvalue weighted by molar-refractivity contribution is 6.42. The molecule has 8 rings (SSSR count). The highest BCUT2D eigenvalue weighted by Crippen LogP contribution is 2.48. The van der Waals surface area contributed by atoms with Gasteiger partial charge in [0.25, 0.3) is 0 Å². The van der Waals surface area contributed by atoms with Crippen molar-refractivity contribution in [1.29, 1.82) is 0 Å². The van der Waals surface area contributed by atoms with Gasteiger partial charge in [0.1, 0.15) is 22.7 Å². The van der Waals surface area contributed by atoms with E-state index in [-0.39, 0.29) is 44.3 Å². The summed E-state index contributed by atoms with van der Waals surface area (Å²) in [5.41, 5.74) is -1.12. The molecule has 0 atom stereocenters. The van der Waals surface area contributed by atoms with E-state index in [1.54, 1.807) is 36.4 Å². The van der Waals surface area contributed by atoms with Crippen LogP contribution in [0, 0.1) is 19.6 Å². The van der Waals surface area contributed by atoms with Gasteiger partial charge in [-0.05, 0) is 102 Å². The third-order valence-electron chi connectivity index (χ3n) is 8.06. The van der Waals surface area contributed by atoms with Crippen LogP contribution in [0.25, 0.3) is 75.4 Å². The van der Waals surface area contributed by atoms with E-state index in [4.69, 9.17) is 0 Å². The van der Waals surface area contributed by atoms with E-state index in [2.05, 4.69) is 20.7 Å². The third-order valence-corrected chi connectivity index (χ3v) is 8.06. The SMILES string of the molecule is O=Nc1ccc(N=O)c2c1c(=O)c1ccc3cc4c5c(N=O)ccc(N=O)c5c(=O)c5ccc6cc2c1c3c6c54. The number of benzene rings is 8. The quantitative estimate of drug-likeness (QED) is 0.128. The lowest BCUT2D eigenvalue weighted by Gasteiger charge is -2.19. The zero-order chi connectivity index (χ0) is 27.4. The molecule has 0 aliphatic rings. The first-order valence-corrected chi connectivity index (χ1v) is 12.1. The second-order valence-corrected chi connectivity index (χ2v) is 9.75. The molecule has 0 aliphatic carbocycles. The van der Waals surface area contributed by atoms with Crippen LogP contribution in [0.4, 0.5) is 22.7 Å². The fourth-order valence-electron chi connectivity index (χ4n) is 6.54. The fourth-order valence-corrected chi connectivity index (χ4v) is 6.54. The molecule has 8 aromatic rings. The first-order valence-electron chi connectivity index (χ1n) is 12.1. The molecule has 0 unspecified atom stereocenters. The summed E-state index contributed by atoms with van der Waals surface area (Å²) in [5.74, 6) is 0. The molecule has 0 amide bonds.